The summed E-state index contributed by atoms with van der Waals surface area (Å²) in [6.45, 7) is 10.9. The minimum Gasteiger partial charge on any atom is -0.339 e. The van der Waals surface area contributed by atoms with E-state index in [1.165, 1.54) is 18.5 Å². The molecule has 22 heavy (non-hydrogen) atoms. The fourth-order valence-electron chi connectivity index (χ4n) is 2.86. The molecule has 5 heteroatoms. The maximum atomic E-state index is 5.51. The van der Waals surface area contributed by atoms with Crippen molar-refractivity contribution >= 4 is 0 Å². The normalized spacial score (nSPS) is 16.3. The monoisotopic (exact) mass is 302 g/mol. The summed E-state index contributed by atoms with van der Waals surface area (Å²) < 4.78 is 7.49. The number of rotatable bonds is 4. The van der Waals surface area contributed by atoms with E-state index in [1.807, 2.05) is 11.7 Å². The molecule has 2 heterocycles. The summed E-state index contributed by atoms with van der Waals surface area (Å²) in [4.78, 5) is 4.61. The molecule has 1 aliphatic carbocycles. The van der Waals surface area contributed by atoms with Crippen LogP contribution in [-0.4, -0.2) is 19.9 Å². The van der Waals surface area contributed by atoms with E-state index < -0.39 is 0 Å². The predicted molar refractivity (Wildman–Crippen MR) is 84.9 cm³/mol. The molecule has 2 aromatic heterocycles. The minimum atomic E-state index is -0.205. The second-order valence-corrected chi connectivity index (χ2v) is 8.19. The largest absolute Gasteiger partial charge is 0.339 e. The van der Waals surface area contributed by atoms with Gasteiger partial charge in [0.15, 0.2) is 5.82 Å². The summed E-state index contributed by atoms with van der Waals surface area (Å²) in [6.07, 6.45) is 3.17. The molecule has 120 valence electrons. The van der Waals surface area contributed by atoms with Crippen LogP contribution in [0.3, 0.4) is 0 Å². The Morgan fingerprint density at radius 2 is 1.91 bits per heavy atom. The van der Waals surface area contributed by atoms with Crippen molar-refractivity contribution in [2.45, 2.75) is 70.6 Å². The van der Waals surface area contributed by atoms with Crippen LogP contribution in [0, 0.1) is 0 Å². The van der Waals surface area contributed by atoms with Crippen LogP contribution in [0.15, 0.2) is 10.6 Å². The summed E-state index contributed by atoms with van der Waals surface area (Å²) >= 11 is 0. The molecule has 0 bridgehead atoms. The van der Waals surface area contributed by atoms with Gasteiger partial charge >= 0.3 is 0 Å². The topological polar surface area (TPSA) is 56.7 Å². The van der Waals surface area contributed by atoms with E-state index in [0.717, 1.165) is 23.8 Å². The number of nitrogens with zero attached hydrogens (tertiary/aromatic N) is 4. The van der Waals surface area contributed by atoms with E-state index in [4.69, 9.17) is 4.52 Å². The van der Waals surface area contributed by atoms with Crippen LogP contribution in [-0.2, 0) is 24.3 Å². The quantitative estimate of drug-likeness (QED) is 0.867. The van der Waals surface area contributed by atoms with E-state index in [0.29, 0.717) is 5.92 Å². The summed E-state index contributed by atoms with van der Waals surface area (Å²) in [6, 6.07) is 2.19. The molecule has 0 radical (unpaired) electrons. The van der Waals surface area contributed by atoms with Gasteiger partial charge in [0, 0.05) is 35.9 Å². The highest BCUT2D eigenvalue weighted by Crippen LogP contribution is 2.39. The standard InChI is InChI=1S/C17H26N4O/c1-16(2,3)13-9-12(19-21(13)6)10-17(4,5)15-18-14(20-22-15)11-7-8-11/h9,11H,7-8,10H2,1-6H3. The van der Waals surface area contributed by atoms with E-state index in [-0.39, 0.29) is 10.8 Å². The van der Waals surface area contributed by atoms with E-state index in [2.05, 4.69) is 55.9 Å². The van der Waals surface area contributed by atoms with Crippen LogP contribution in [0.4, 0.5) is 0 Å². The van der Waals surface area contributed by atoms with Gasteiger partial charge in [-0.3, -0.25) is 4.68 Å². The van der Waals surface area contributed by atoms with Crippen molar-refractivity contribution in [3.8, 4) is 0 Å². The maximum Gasteiger partial charge on any atom is 0.232 e. The summed E-state index contributed by atoms with van der Waals surface area (Å²) in [5.74, 6) is 2.12. The number of aromatic nitrogens is 4. The van der Waals surface area contributed by atoms with Gasteiger partial charge in [-0.15, -0.1) is 0 Å². The first kappa shape index (κ1) is 15.3. The molecule has 0 N–H and O–H groups in total. The van der Waals surface area contributed by atoms with Crippen molar-refractivity contribution in [3.05, 3.63) is 29.2 Å². The lowest BCUT2D eigenvalue weighted by molar-refractivity contribution is 0.302. The van der Waals surface area contributed by atoms with Crippen molar-refractivity contribution < 1.29 is 4.52 Å². The summed E-state index contributed by atoms with van der Waals surface area (Å²) in [7, 11) is 2.01. The van der Waals surface area contributed by atoms with Gasteiger partial charge in [-0.25, -0.2) is 0 Å². The first-order valence-electron chi connectivity index (χ1n) is 8.04. The molecule has 0 atom stereocenters. The molecule has 0 aromatic carbocycles. The highest BCUT2D eigenvalue weighted by Gasteiger charge is 2.34. The molecule has 1 aliphatic rings. The molecule has 1 fully saturated rings. The first-order valence-corrected chi connectivity index (χ1v) is 8.04. The van der Waals surface area contributed by atoms with E-state index in [1.54, 1.807) is 0 Å². The summed E-state index contributed by atoms with van der Waals surface area (Å²) in [5.41, 5.74) is 2.20. The Kier molecular flexibility index (Phi) is 3.42. The molecular weight excluding hydrogens is 276 g/mol. The molecule has 1 saturated carbocycles. The number of aryl methyl sites for hydroxylation is 1. The van der Waals surface area contributed by atoms with Crippen LogP contribution in [0.25, 0.3) is 0 Å². The Morgan fingerprint density at radius 1 is 1.23 bits per heavy atom. The van der Waals surface area contributed by atoms with E-state index >= 15 is 0 Å². The van der Waals surface area contributed by atoms with Gasteiger partial charge in [-0.05, 0) is 18.9 Å². The Hall–Kier alpha value is -1.65. The molecule has 0 spiro atoms. The van der Waals surface area contributed by atoms with Crippen LogP contribution >= 0.6 is 0 Å². The highest BCUT2D eigenvalue weighted by atomic mass is 16.5. The SMILES string of the molecule is Cn1nc(CC(C)(C)c2nc(C3CC3)no2)cc1C(C)(C)C. The molecule has 0 amide bonds. The average molecular weight is 302 g/mol. The molecular formula is C17H26N4O. The highest BCUT2D eigenvalue weighted by molar-refractivity contribution is 5.21. The third-order valence-electron chi connectivity index (χ3n) is 4.29. The molecule has 0 unspecified atom stereocenters. The third-order valence-corrected chi connectivity index (χ3v) is 4.29. The minimum absolute atomic E-state index is 0.0910. The smallest absolute Gasteiger partial charge is 0.232 e. The van der Waals surface area contributed by atoms with Gasteiger partial charge in [0.25, 0.3) is 0 Å². The number of hydrogen-bond donors (Lipinski definition) is 0. The zero-order valence-electron chi connectivity index (χ0n) is 14.5. The zero-order valence-corrected chi connectivity index (χ0v) is 14.5. The lowest BCUT2D eigenvalue weighted by Gasteiger charge is -2.18. The van der Waals surface area contributed by atoms with Crippen LogP contribution in [0.1, 0.15) is 76.5 Å². The second kappa shape index (κ2) is 4.93. The molecule has 0 saturated heterocycles. The fourth-order valence-corrected chi connectivity index (χ4v) is 2.86. The average Bonchev–Trinajstić information content (AvgIpc) is 2.97. The van der Waals surface area contributed by atoms with Gasteiger partial charge in [0.2, 0.25) is 5.89 Å². The Morgan fingerprint density at radius 3 is 2.45 bits per heavy atom. The van der Waals surface area contributed by atoms with Crippen LogP contribution in [0.5, 0.6) is 0 Å². The third kappa shape index (κ3) is 2.94. The maximum absolute atomic E-state index is 5.51. The first-order chi connectivity index (χ1) is 10.2. The van der Waals surface area contributed by atoms with Gasteiger partial charge in [-0.1, -0.05) is 39.8 Å². The Bertz CT molecular complexity index is 671. The van der Waals surface area contributed by atoms with Crippen molar-refractivity contribution in [1.82, 2.24) is 19.9 Å². The van der Waals surface area contributed by atoms with Gasteiger partial charge in [0.05, 0.1) is 5.69 Å². The number of hydrogen-bond acceptors (Lipinski definition) is 4. The van der Waals surface area contributed by atoms with E-state index in [9.17, 15) is 0 Å². The Labute approximate surface area is 132 Å². The van der Waals surface area contributed by atoms with Crippen LogP contribution in [0.2, 0.25) is 0 Å². The lowest BCUT2D eigenvalue weighted by atomic mass is 9.86. The molecule has 2 aromatic rings. The van der Waals surface area contributed by atoms with Crippen molar-refractivity contribution in [3.63, 3.8) is 0 Å². The predicted octanol–water partition coefficient (Wildman–Crippen LogP) is 3.50. The fraction of sp³-hybridized carbons (Fsp3) is 0.706. The second-order valence-electron chi connectivity index (χ2n) is 8.19. The van der Waals surface area contributed by atoms with Crippen molar-refractivity contribution in [2.75, 3.05) is 0 Å². The molecule has 5 nitrogen and oxygen atoms in total. The van der Waals surface area contributed by atoms with Gasteiger partial charge < -0.3 is 4.52 Å². The molecule has 3 rings (SSSR count). The van der Waals surface area contributed by atoms with Crippen molar-refractivity contribution in [2.24, 2.45) is 7.05 Å². The van der Waals surface area contributed by atoms with Gasteiger partial charge in [0.1, 0.15) is 0 Å². The van der Waals surface area contributed by atoms with Crippen LogP contribution < -0.4 is 0 Å². The molecule has 0 aliphatic heterocycles. The Balaban J connectivity index is 1.81. The lowest BCUT2D eigenvalue weighted by Crippen LogP contribution is -2.21. The van der Waals surface area contributed by atoms with Crippen molar-refractivity contribution in [1.29, 1.82) is 0 Å². The zero-order chi connectivity index (χ0) is 16.1. The summed E-state index contributed by atoms with van der Waals surface area (Å²) in [5, 5.41) is 8.81. The van der Waals surface area contributed by atoms with Gasteiger partial charge in [-0.2, -0.15) is 10.1 Å².